The van der Waals surface area contributed by atoms with E-state index < -0.39 is 9.05 Å². The first-order valence-electron chi connectivity index (χ1n) is 5.26. The van der Waals surface area contributed by atoms with Gasteiger partial charge in [0.05, 0.1) is 0 Å². The fourth-order valence-electron chi connectivity index (χ4n) is 1.72. The van der Waals surface area contributed by atoms with Crippen molar-refractivity contribution >= 4 is 19.7 Å². The molecule has 0 saturated heterocycles. The minimum absolute atomic E-state index is 0.230. The summed E-state index contributed by atoms with van der Waals surface area (Å²) in [4.78, 5) is 0. The second kappa shape index (κ2) is 4.70. The molecule has 0 aliphatic carbocycles. The lowest BCUT2D eigenvalue weighted by atomic mass is 10.1. The summed E-state index contributed by atoms with van der Waals surface area (Å²) in [6.45, 7) is 1.99. The molecule has 0 aliphatic rings. The van der Waals surface area contributed by atoms with Gasteiger partial charge in [-0.1, -0.05) is 29.8 Å². The summed E-state index contributed by atoms with van der Waals surface area (Å²) in [6.07, 6.45) is 0.511. The van der Waals surface area contributed by atoms with Crippen LogP contribution in [0.4, 0.5) is 0 Å². The van der Waals surface area contributed by atoms with Crippen LogP contribution in [0.2, 0.25) is 0 Å². The quantitative estimate of drug-likeness (QED) is 0.804. The highest BCUT2D eigenvalue weighted by atomic mass is 35.7. The second-order valence-electron chi connectivity index (χ2n) is 4.06. The molecule has 5 nitrogen and oxygen atoms in total. The van der Waals surface area contributed by atoms with Gasteiger partial charge in [-0.05, 0) is 12.5 Å². The summed E-state index contributed by atoms with van der Waals surface area (Å²) in [5.74, 6) is 0.555. The Morgan fingerprint density at radius 1 is 1.33 bits per heavy atom. The molecule has 0 aliphatic heterocycles. The molecule has 18 heavy (non-hydrogen) atoms. The average Bonchev–Trinajstić information content (AvgIpc) is 2.60. The van der Waals surface area contributed by atoms with Gasteiger partial charge in [0.1, 0.15) is 5.82 Å². The maximum Gasteiger partial charge on any atom is 0.296 e. The first-order chi connectivity index (χ1) is 8.38. The molecule has 2 aromatic rings. The lowest BCUT2D eigenvalue weighted by molar-refractivity contribution is 0.591. The van der Waals surface area contributed by atoms with Crippen LogP contribution in [0.5, 0.6) is 0 Å². The average molecular weight is 286 g/mol. The van der Waals surface area contributed by atoms with Gasteiger partial charge in [0.2, 0.25) is 0 Å². The van der Waals surface area contributed by atoms with Crippen molar-refractivity contribution in [2.45, 2.75) is 18.5 Å². The molecule has 0 amide bonds. The van der Waals surface area contributed by atoms with Gasteiger partial charge in [0, 0.05) is 24.2 Å². The van der Waals surface area contributed by atoms with Gasteiger partial charge in [-0.2, -0.15) is 0 Å². The third-order valence-electron chi connectivity index (χ3n) is 2.59. The standard InChI is InChI=1S/C11H12ClN3O2S/c1-8-4-3-5-9(6-8)7-10-13-14-11(15(10)2)18(12,16)17/h3-6H,7H2,1-2H3. The number of aromatic nitrogens is 3. The maximum absolute atomic E-state index is 11.2. The topological polar surface area (TPSA) is 64.8 Å². The Bertz CT molecular complexity index is 679. The molecular formula is C11H12ClN3O2S. The zero-order valence-corrected chi connectivity index (χ0v) is 11.5. The minimum atomic E-state index is -3.85. The van der Waals surface area contributed by atoms with E-state index in [1.54, 1.807) is 7.05 Å². The molecule has 0 spiro atoms. The van der Waals surface area contributed by atoms with E-state index in [2.05, 4.69) is 10.2 Å². The molecule has 7 heteroatoms. The number of hydrogen-bond acceptors (Lipinski definition) is 4. The van der Waals surface area contributed by atoms with Crippen LogP contribution in [-0.4, -0.2) is 23.2 Å². The zero-order valence-electron chi connectivity index (χ0n) is 9.96. The number of benzene rings is 1. The van der Waals surface area contributed by atoms with Gasteiger partial charge in [-0.3, -0.25) is 0 Å². The normalized spacial score (nSPS) is 11.7. The second-order valence-corrected chi connectivity index (χ2v) is 6.52. The van der Waals surface area contributed by atoms with Crippen molar-refractivity contribution in [3.63, 3.8) is 0 Å². The maximum atomic E-state index is 11.2. The summed E-state index contributed by atoms with van der Waals surface area (Å²) in [5.41, 5.74) is 2.18. The highest BCUT2D eigenvalue weighted by Gasteiger charge is 2.20. The first-order valence-corrected chi connectivity index (χ1v) is 7.57. The fourth-order valence-corrected chi connectivity index (χ4v) is 2.69. The molecule has 0 fully saturated rings. The van der Waals surface area contributed by atoms with E-state index in [0.717, 1.165) is 11.1 Å². The summed E-state index contributed by atoms with van der Waals surface area (Å²) >= 11 is 0. The van der Waals surface area contributed by atoms with E-state index in [1.165, 1.54) is 4.57 Å². The van der Waals surface area contributed by atoms with E-state index in [-0.39, 0.29) is 5.16 Å². The number of aryl methyl sites for hydroxylation is 1. The van der Waals surface area contributed by atoms with Crippen molar-refractivity contribution < 1.29 is 8.42 Å². The number of rotatable bonds is 3. The summed E-state index contributed by atoms with van der Waals surface area (Å²) in [7, 11) is 2.99. The van der Waals surface area contributed by atoms with Crippen LogP contribution in [0.15, 0.2) is 29.4 Å². The highest BCUT2D eigenvalue weighted by Crippen LogP contribution is 2.15. The van der Waals surface area contributed by atoms with Crippen molar-refractivity contribution in [1.82, 2.24) is 14.8 Å². The third kappa shape index (κ3) is 2.70. The van der Waals surface area contributed by atoms with E-state index in [9.17, 15) is 8.42 Å². The molecule has 0 radical (unpaired) electrons. The van der Waals surface area contributed by atoms with Crippen LogP contribution in [0.1, 0.15) is 17.0 Å². The first kappa shape index (κ1) is 13.0. The van der Waals surface area contributed by atoms with Gasteiger partial charge in [0.25, 0.3) is 14.2 Å². The van der Waals surface area contributed by atoms with Crippen LogP contribution < -0.4 is 0 Å². The van der Waals surface area contributed by atoms with Gasteiger partial charge in [-0.25, -0.2) is 8.42 Å². The van der Waals surface area contributed by atoms with Crippen molar-refractivity contribution in [2.24, 2.45) is 7.05 Å². The third-order valence-corrected chi connectivity index (χ3v) is 3.79. The Morgan fingerprint density at radius 3 is 2.61 bits per heavy atom. The Labute approximate surface area is 110 Å². The highest BCUT2D eigenvalue weighted by molar-refractivity contribution is 8.13. The van der Waals surface area contributed by atoms with Crippen LogP contribution in [0.3, 0.4) is 0 Å². The van der Waals surface area contributed by atoms with Gasteiger partial charge >= 0.3 is 0 Å². The molecule has 1 aromatic carbocycles. The molecule has 0 saturated carbocycles. The van der Waals surface area contributed by atoms with Crippen molar-refractivity contribution in [2.75, 3.05) is 0 Å². The predicted molar refractivity (Wildman–Crippen MR) is 68.0 cm³/mol. The Balaban J connectivity index is 2.34. The van der Waals surface area contributed by atoms with Crippen LogP contribution >= 0.6 is 10.7 Å². The van der Waals surface area contributed by atoms with Crippen molar-refractivity contribution in [3.05, 3.63) is 41.2 Å². The SMILES string of the molecule is Cc1cccc(Cc2nnc(S(=O)(=O)Cl)n2C)c1. The monoisotopic (exact) mass is 285 g/mol. The molecule has 2 rings (SSSR count). The minimum Gasteiger partial charge on any atom is -0.304 e. The summed E-state index contributed by atoms with van der Waals surface area (Å²) < 4.78 is 23.8. The molecule has 96 valence electrons. The lowest BCUT2D eigenvalue weighted by Crippen LogP contribution is -2.05. The number of hydrogen-bond donors (Lipinski definition) is 0. The van der Waals surface area contributed by atoms with E-state index >= 15 is 0 Å². The van der Waals surface area contributed by atoms with E-state index in [4.69, 9.17) is 10.7 Å². The molecule has 0 unspecified atom stereocenters. The van der Waals surface area contributed by atoms with Crippen molar-refractivity contribution in [3.8, 4) is 0 Å². The Morgan fingerprint density at radius 2 is 2.06 bits per heavy atom. The van der Waals surface area contributed by atoms with E-state index in [0.29, 0.717) is 12.2 Å². The van der Waals surface area contributed by atoms with Gasteiger partial charge in [-0.15, -0.1) is 10.2 Å². The predicted octanol–water partition coefficient (Wildman–Crippen LogP) is 1.64. The molecule has 0 N–H and O–H groups in total. The van der Waals surface area contributed by atoms with E-state index in [1.807, 2.05) is 31.2 Å². The van der Waals surface area contributed by atoms with Crippen LogP contribution in [0.25, 0.3) is 0 Å². The van der Waals surface area contributed by atoms with Crippen LogP contribution in [-0.2, 0) is 22.5 Å². The van der Waals surface area contributed by atoms with Crippen molar-refractivity contribution in [1.29, 1.82) is 0 Å². The Hall–Kier alpha value is -1.40. The Kier molecular flexibility index (Phi) is 3.41. The van der Waals surface area contributed by atoms with Crippen LogP contribution in [0, 0.1) is 6.92 Å². The number of halogens is 1. The summed E-state index contributed by atoms with van der Waals surface area (Å²) in [5, 5.41) is 7.23. The summed E-state index contributed by atoms with van der Waals surface area (Å²) in [6, 6.07) is 7.91. The largest absolute Gasteiger partial charge is 0.304 e. The number of nitrogens with zero attached hydrogens (tertiary/aromatic N) is 3. The zero-order chi connectivity index (χ0) is 13.3. The molecule has 1 heterocycles. The lowest BCUT2D eigenvalue weighted by Gasteiger charge is -2.03. The molecule has 0 atom stereocenters. The molecule has 1 aromatic heterocycles. The van der Waals surface area contributed by atoms with Gasteiger partial charge in [0.15, 0.2) is 0 Å². The van der Waals surface area contributed by atoms with Gasteiger partial charge < -0.3 is 4.57 Å². The fraction of sp³-hybridized carbons (Fsp3) is 0.273. The molecular weight excluding hydrogens is 274 g/mol. The molecule has 0 bridgehead atoms. The smallest absolute Gasteiger partial charge is 0.296 e.